The highest BCUT2D eigenvalue weighted by atomic mass is 28.4. The van der Waals surface area contributed by atoms with Crippen molar-refractivity contribution < 1.29 is 13.3 Å². The van der Waals surface area contributed by atoms with E-state index in [2.05, 4.69) is 0 Å². The van der Waals surface area contributed by atoms with Crippen molar-refractivity contribution >= 4 is 8.80 Å². The smallest absolute Gasteiger partial charge is 0.377 e. The Morgan fingerprint density at radius 2 is 1.86 bits per heavy atom. The normalized spacial score (nSPS) is 14.4. The highest BCUT2D eigenvalue weighted by Gasteiger charge is 2.38. The molecular weight excluding hydrogens is 200 g/mol. The van der Waals surface area contributed by atoms with Gasteiger partial charge >= 0.3 is 8.80 Å². The molecule has 1 atom stereocenters. The van der Waals surface area contributed by atoms with E-state index in [0.717, 1.165) is 12.5 Å². The maximum absolute atomic E-state index is 5.61. The molecule has 0 bridgehead atoms. The van der Waals surface area contributed by atoms with E-state index in [1.165, 1.54) is 0 Å². The van der Waals surface area contributed by atoms with Gasteiger partial charge in [0.1, 0.15) is 0 Å². The molecule has 5 nitrogen and oxygen atoms in total. The van der Waals surface area contributed by atoms with Crippen LogP contribution in [-0.4, -0.2) is 42.2 Å². The minimum Gasteiger partial charge on any atom is -0.377 e. The summed E-state index contributed by atoms with van der Waals surface area (Å²) >= 11 is 0. The van der Waals surface area contributed by atoms with Crippen LogP contribution in [0.25, 0.3) is 0 Å². The number of nitrogens with two attached hydrogens (primary N) is 2. The van der Waals surface area contributed by atoms with Gasteiger partial charge in [0, 0.05) is 26.3 Å². The van der Waals surface area contributed by atoms with Crippen molar-refractivity contribution in [1.29, 1.82) is 0 Å². The minimum atomic E-state index is -2.49. The van der Waals surface area contributed by atoms with Crippen LogP contribution in [0.5, 0.6) is 0 Å². The molecule has 4 N–H and O–H groups in total. The molecule has 0 aliphatic carbocycles. The predicted molar refractivity (Wildman–Crippen MR) is 57.9 cm³/mol. The average molecular weight is 222 g/mol. The van der Waals surface area contributed by atoms with Crippen LogP contribution < -0.4 is 11.5 Å². The third-order valence-electron chi connectivity index (χ3n) is 1.88. The van der Waals surface area contributed by atoms with Gasteiger partial charge in [-0.05, 0) is 19.9 Å². The van der Waals surface area contributed by atoms with Gasteiger partial charge in [0.05, 0.1) is 6.61 Å². The summed E-state index contributed by atoms with van der Waals surface area (Å²) in [4.78, 5) is 0. The van der Waals surface area contributed by atoms with E-state index in [0.29, 0.717) is 13.2 Å². The first-order valence-corrected chi connectivity index (χ1v) is 6.73. The molecule has 0 heterocycles. The molecule has 0 aromatic heterocycles. The second kappa shape index (κ2) is 7.33. The Bertz CT molecular complexity index is 143. The highest BCUT2D eigenvalue weighted by Crippen LogP contribution is 2.15. The molecule has 0 amide bonds. The SMILES string of the molecule is CO[Si](CCCN)(OC)OCC(C)N. The Morgan fingerprint density at radius 1 is 1.29 bits per heavy atom. The lowest BCUT2D eigenvalue weighted by molar-refractivity contribution is 0.0934. The van der Waals surface area contributed by atoms with Gasteiger partial charge in [-0.25, -0.2) is 0 Å². The molecule has 14 heavy (non-hydrogen) atoms. The fourth-order valence-corrected chi connectivity index (χ4v) is 3.16. The molecule has 6 heteroatoms. The van der Waals surface area contributed by atoms with Gasteiger partial charge in [0.15, 0.2) is 0 Å². The molecule has 1 unspecified atom stereocenters. The maximum Gasteiger partial charge on any atom is 0.500 e. The van der Waals surface area contributed by atoms with Crippen molar-refractivity contribution in [2.75, 3.05) is 27.4 Å². The maximum atomic E-state index is 5.61. The molecule has 0 aromatic carbocycles. The van der Waals surface area contributed by atoms with E-state index < -0.39 is 8.80 Å². The van der Waals surface area contributed by atoms with Crippen LogP contribution in [0.4, 0.5) is 0 Å². The lowest BCUT2D eigenvalue weighted by atomic mass is 10.4. The van der Waals surface area contributed by atoms with E-state index in [9.17, 15) is 0 Å². The van der Waals surface area contributed by atoms with Crippen LogP contribution in [-0.2, 0) is 13.3 Å². The molecule has 0 saturated heterocycles. The van der Waals surface area contributed by atoms with Gasteiger partial charge in [-0.3, -0.25) is 0 Å². The standard InChI is InChI=1S/C8H22N2O3Si/c1-8(10)7-13-14(11-2,12-3)6-4-5-9/h8H,4-7,9-10H2,1-3H3. The van der Waals surface area contributed by atoms with Gasteiger partial charge in [-0.1, -0.05) is 0 Å². The molecule has 0 rings (SSSR count). The van der Waals surface area contributed by atoms with Gasteiger partial charge in [0.25, 0.3) is 0 Å². The van der Waals surface area contributed by atoms with Crippen molar-refractivity contribution in [2.45, 2.75) is 25.4 Å². The molecule has 0 radical (unpaired) electrons. The monoisotopic (exact) mass is 222 g/mol. The van der Waals surface area contributed by atoms with Crippen molar-refractivity contribution in [3.8, 4) is 0 Å². The number of rotatable bonds is 8. The number of hydrogen-bond acceptors (Lipinski definition) is 5. The highest BCUT2D eigenvalue weighted by molar-refractivity contribution is 6.60. The van der Waals surface area contributed by atoms with Gasteiger partial charge in [-0.15, -0.1) is 0 Å². The van der Waals surface area contributed by atoms with Gasteiger partial charge in [-0.2, -0.15) is 0 Å². The Hall–Kier alpha value is 0.0169. The van der Waals surface area contributed by atoms with Crippen LogP contribution in [0.1, 0.15) is 13.3 Å². The third-order valence-corrected chi connectivity index (χ3v) is 4.69. The fourth-order valence-electron chi connectivity index (χ4n) is 1.05. The third kappa shape index (κ3) is 5.04. The summed E-state index contributed by atoms with van der Waals surface area (Å²) in [5, 5.41) is 0. The molecule has 0 aliphatic rings. The second-order valence-corrected chi connectivity index (χ2v) is 6.24. The summed E-state index contributed by atoms with van der Waals surface area (Å²) in [5.41, 5.74) is 11.0. The lowest BCUT2D eigenvalue weighted by Gasteiger charge is -2.27. The Morgan fingerprint density at radius 3 is 2.21 bits per heavy atom. The van der Waals surface area contributed by atoms with Crippen molar-refractivity contribution in [2.24, 2.45) is 11.5 Å². The summed E-state index contributed by atoms with van der Waals surface area (Å²) in [6, 6.07) is 0.730. The van der Waals surface area contributed by atoms with E-state index in [1.807, 2.05) is 6.92 Å². The van der Waals surface area contributed by atoms with Gasteiger partial charge < -0.3 is 24.7 Å². The average Bonchev–Trinajstić information content (AvgIpc) is 2.19. The van der Waals surface area contributed by atoms with Crippen LogP contribution in [0.15, 0.2) is 0 Å². The Balaban J connectivity index is 4.07. The molecule has 0 fully saturated rings. The Labute approximate surface area is 87.1 Å². The summed E-state index contributed by atoms with van der Waals surface area (Å²) in [7, 11) is 0.722. The first kappa shape index (κ1) is 14.0. The van der Waals surface area contributed by atoms with Crippen molar-refractivity contribution in [3.05, 3.63) is 0 Å². The lowest BCUT2D eigenvalue weighted by Crippen LogP contribution is -2.46. The zero-order valence-corrected chi connectivity index (χ0v) is 10.3. The zero-order chi connectivity index (χ0) is 11.0. The fraction of sp³-hybridized carbons (Fsp3) is 1.00. The largest absolute Gasteiger partial charge is 0.500 e. The first-order valence-electron chi connectivity index (χ1n) is 4.80. The predicted octanol–water partition coefficient (Wildman–Crippen LogP) is -0.0693. The molecule has 86 valence electrons. The van der Waals surface area contributed by atoms with Crippen LogP contribution in [0.2, 0.25) is 6.04 Å². The Kier molecular flexibility index (Phi) is 7.34. The van der Waals surface area contributed by atoms with Crippen LogP contribution in [0.3, 0.4) is 0 Å². The summed E-state index contributed by atoms with van der Waals surface area (Å²) in [6.07, 6.45) is 0.840. The molecule has 0 spiro atoms. The number of hydrogen-bond donors (Lipinski definition) is 2. The van der Waals surface area contributed by atoms with E-state index >= 15 is 0 Å². The summed E-state index contributed by atoms with van der Waals surface area (Å²) in [5.74, 6) is 0. The molecular formula is C8H22N2O3Si. The topological polar surface area (TPSA) is 79.7 Å². The van der Waals surface area contributed by atoms with Gasteiger partial charge in [0.2, 0.25) is 0 Å². The first-order chi connectivity index (χ1) is 6.60. The van der Waals surface area contributed by atoms with Crippen LogP contribution in [0, 0.1) is 0 Å². The molecule has 0 aromatic rings. The van der Waals surface area contributed by atoms with E-state index in [-0.39, 0.29) is 6.04 Å². The van der Waals surface area contributed by atoms with Crippen molar-refractivity contribution in [3.63, 3.8) is 0 Å². The quantitative estimate of drug-likeness (QED) is 0.562. The summed E-state index contributed by atoms with van der Waals surface area (Å²) in [6.45, 7) is 2.95. The van der Waals surface area contributed by atoms with E-state index in [1.54, 1.807) is 14.2 Å². The zero-order valence-electron chi connectivity index (χ0n) is 9.29. The molecule has 0 saturated carbocycles. The van der Waals surface area contributed by atoms with Crippen LogP contribution >= 0.6 is 0 Å². The summed E-state index contributed by atoms with van der Waals surface area (Å²) < 4.78 is 16.3. The second-order valence-electron chi connectivity index (χ2n) is 3.27. The molecule has 0 aliphatic heterocycles. The van der Waals surface area contributed by atoms with E-state index in [4.69, 9.17) is 24.7 Å². The van der Waals surface area contributed by atoms with Crippen molar-refractivity contribution in [1.82, 2.24) is 0 Å². The minimum absolute atomic E-state index is 0.00921.